The van der Waals surface area contributed by atoms with Crippen molar-refractivity contribution in [2.45, 2.75) is 4.90 Å². The van der Waals surface area contributed by atoms with Gasteiger partial charge in [0.15, 0.2) is 0 Å². The molecule has 0 aliphatic heterocycles. The number of H-pyrrole nitrogens is 1. The average molecular weight is 321 g/mol. The highest BCUT2D eigenvalue weighted by molar-refractivity contribution is 7.93. The maximum absolute atomic E-state index is 13.8. The molecule has 0 saturated heterocycles. The second kappa shape index (κ2) is 4.87. The fourth-order valence-electron chi connectivity index (χ4n) is 1.91. The summed E-state index contributed by atoms with van der Waals surface area (Å²) in [5, 5.41) is 11.0. The Morgan fingerprint density at radius 1 is 1.33 bits per heavy atom. The van der Waals surface area contributed by atoms with Gasteiger partial charge < -0.3 is 4.98 Å². The lowest BCUT2D eigenvalue weighted by atomic mass is 10.2. The van der Waals surface area contributed by atoms with Gasteiger partial charge in [-0.1, -0.05) is 0 Å². The van der Waals surface area contributed by atoms with Gasteiger partial charge in [0, 0.05) is 11.6 Å². The lowest BCUT2D eigenvalue weighted by Crippen LogP contribution is -2.13. The molecule has 0 unspecified atom stereocenters. The molecule has 0 amide bonds. The average Bonchev–Trinajstić information content (AvgIpc) is 3.03. The maximum Gasteiger partial charge on any atom is 0.264 e. The molecule has 0 atom stereocenters. The summed E-state index contributed by atoms with van der Waals surface area (Å²) < 4.78 is 40.6. The number of hydrogen-bond acceptors (Lipinski definition) is 4. The predicted octanol–water partition coefficient (Wildman–Crippen LogP) is 3.04. The molecule has 0 bridgehead atoms. The zero-order valence-electron chi connectivity index (χ0n) is 10.4. The van der Waals surface area contributed by atoms with Gasteiger partial charge in [-0.2, -0.15) is 5.26 Å². The van der Waals surface area contributed by atoms with Crippen molar-refractivity contribution in [3.8, 4) is 6.07 Å². The monoisotopic (exact) mass is 321 g/mol. The van der Waals surface area contributed by atoms with Gasteiger partial charge >= 0.3 is 0 Å². The summed E-state index contributed by atoms with van der Waals surface area (Å²) in [5.41, 5.74) is -0.0732. The predicted molar refractivity (Wildman–Crippen MR) is 78.1 cm³/mol. The van der Waals surface area contributed by atoms with Crippen molar-refractivity contribution in [3.05, 3.63) is 47.2 Å². The van der Waals surface area contributed by atoms with E-state index in [1.807, 2.05) is 0 Å². The van der Waals surface area contributed by atoms with Crippen molar-refractivity contribution in [2.24, 2.45) is 0 Å². The molecule has 8 heteroatoms. The minimum atomic E-state index is -3.91. The van der Waals surface area contributed by atoms with Crippen molar-refractivity contribution in [1.82, 2.24) is 4.98 Å². The summed E-state index contributed by atoms with van der Waals surface area (Å²) in [7, 11) is -3.91. The van der Waals surface area contributed by atoms with Crippen LogP contribution >= 0.6 is 11.3 Å². The van der Waals surface area contributed by atoms with Crippen LogP contribution in [0.4, 0.5) is 10.1 Å². The fraction of sp³-hybridized carbons (Fsp3) is 0. The number of sulfonamides is 1. The van der Waals surface area contributed by atoms with E-state index in [0.29, 0.717) is 5.39 Å². The van der Waals surface area contributed by atoms with Gasteiger partial charge in [-0.05, 0) is 29.6 Å². The Morgan fingerprint density at radius 3 is 2.86 bits per heavy atom. The standard InChI is InChI=1S/C13H8FN3O2S2/c14-10-5-8(6-15)1-2-11(10)17-21(18,19)12-7-16-13-9(12)3-4-20-13/h1-5,7,16-17H. The van der Waals surface area contributed by atoms with E-state index >= 15 is 0 Å². The molecule has 0 fully saturated rings. The van der Waals surface area contributed by atoms with Crippen molar-refractivity contribution < 1.29 is 12.8 Å². The van der Waals surface area contributed by atoms with Crippen molar-refractivity contribution in [2.75, 3.05) is 4.72 Å². The minimum absolute atomic E-state index is 0.0579. The fourth-order valence-corrected chi connectivity index (χ4v) is 3.99. The molecule has 3 rings (SSSR count). The van der Waals surface area contributed by atoms with Crippen LogP contribution in [0.25, 0.3) is 10.2 Å². The first kappa shape index (κ1) is 13.6. The number of hydrogen-bond donors (Lipinski definition) is 2. The number of rotatable bonds is 3. The Balaban J connectivity index is 2.01. The normalized spacial score (nSPS) is 11.4. The molecule has 0 aliphatic carbocycles. The summed E-state index contributed by atoms with van der Waals surface area (Å²) in [6.45, 7) is 0. The molecule has 21 heavy (non-hydrogen) atoms. The highest BCUT2D eigenvalue weighted by Gasteiger charge is 2.21. The molecule has 0 saturated carbocycles. The van der Waals surface area contributed by atoms with Crippen LogP contribution < -0.4 is 4.72 Å². The van der Waals surface area contributed by atoms with Crippen LogP contribution in [0.3, 0.4) is 0 Å². The molecule has 2 aromatic heterocycles. The third kappa shape index (κ3) is 2.37. The number of benzene rings is 1. The molecular formula is C13H8FN3O2S2. The number of nitrogens with zero attached hydrogens (tertiary/aromatic N) is 1. The number of aromatic amines is 1. The van der Waals surface area contributed by atoms with Crippen molar-refractivity contribution >= 4 is 37.3 Å². The molecule has 2 N–H and O–H groups in total. The zero-order chi connectivity index (χ0) is 15.0. The number of fused-ring (bicyclic) bond motifs is 1. The van der Waals surface area contributed by atoms with E-state index in [1.165, 1.54) is 29.7 Å². The molecule has 1 aromatic carbocycles. The van der Waals surface area contributed by atoms with Gasteiger partial charge in [-0.3, -0.25) is 4.72 Å². The van der Waals surface area contributed by atoms with E-state index in [1.54, 1.807) is 17.5 Å². The van der Waals surface area contributed by atoms with E-state index in [-0.39, 0.29) is 16.1 Å². The molecule has 3 aromatic rings. The minimum Gasteiger partial charge on any atom is -0.352 e. The van der Waals surface area contributed by atoms with E-state index in [0.717, 1.165) is 10.9 Å². The first-order valence-electron chi connectivity index (χ1n) is 5.78. The van der Waals surface area contributed by atoms with Crippen LogP contribution in [0.5, 0.6) is 0 Å². The molecule has 106 valence electrons. The van der Waals surface area contributed by atoms with Gasteiger partial charge in [-0.15, -0.1) is 11.3 Å². The Morgan fingerprint density at radius 2 is 2.14 bits per heavy atom. The molecule has 2 heterocycles. The summed E-state index contributed by atoms with van der Waals surface area (Å²) in [5.74, 6) is -0.797. The molecule has 5 nitrogen and oxygen atoms in total. The quantitative estimate of drug-likeness (QED) is 0.777. The number of nitrogens with one attached hydrogen (secondary N) is 2. The first-order valence-corrected chi connectivity index (χ1v) is 8.14. The van der Waals surface area contributed by atoms with E-state index in [9.17, 15) is 12.8 Å². The number of halogens is 1. The van der Waals surface area contributed by atoms with Gasteiger partial charge in [0.1, 0.15) is 15.5 Å². The van der Waals surface area contributed by atoms with Crippen molar-refractivity contribution in [3.63, 3.8) is 0 Å². The Bertz CT molecular complexity index is 967. The summed E-state index contributed by atoms with van der Waals surface area (Å²) in [6.07, 6.45) is 1.37. The van der Waals surface area contributed by atoms with E-state index in [2.05, 4.69) is 9.71 Å². The number of thiophene rings is 1. The Labute approximate surface area is 123 Å². The smallest absolute Gasteiger partial charge is 0.264 e. The third-order valence-corrected chi connectivity index (χ3v) is 5.15. The third-order valence-electron chi connectivity index (χ3n) is 2.90. The van der Waals surface area contributed by atoms with Crippen LogP contribution in [0.2, 0.25) is 0 Å². The second-order valence-electron chi connectivity index (χ2n) is 4.23. The number of nitriles is 1. The largest absolute Gasteiger partial charge is 0.352 e. The Hall–Kier alpha value is -2.37. The lowest BCUT2D eigenvalue weighted by molar-refractivity contribution is 0.599. The Kier molecular flexibility index (Phi) is 3.16. The van der Waals surface area contributed by atoms with E-state index < -0.39 is 15.8 Å². The second-order valence-corrected chi connectivity index (χ2v) is 6.80. The van der Waals surface area contributed by atoms with Gasteiger partial charge in [-0.25, -0.2) is 12.8 Å². The van der Waals surface area contributed by atoms with Crippen molar-refractivity contribution in [1.29, 1.82) is 5.26 Å². The lowest BCUT2D eigenvalue weighted by Gasteiger charge is -2.08. The molecular weight excluding hydrogens is 313 g/mol. The van der Waals surface area contributed by atoms with Gasteiger partial charge in [0.2, 0.25) is 0 Å². The molecule has 0 radical (unpaired) electrons. The van der Waals surface area contributed by atoms with Gasteiger partial charge in [0.05, 0.1) is 17.3 Å². The molecule has 0 spiro atoms. The molecule has 0 aliphatic rings. The van der Waals surface area contributed by atoms with Crippen LogP contribution in [-0.4, -0.2) is 13.4 Å². The van der Waals surface area contributed by atoms with Crippen LogP contribution in [0.1, 0.15) is 5.56 Å². The highest BCUT2D eigenvalue weighted by atomic mass is 32.2. The zero-order valence-corrected chi connectivity index (χ0v) is 12.1. The SMILES string of the molecule is N#Cc1ccc(NS(=O)(=O)c2c[nH]c3sccc23)c(F)c1. The summed E-state index contributed by atoms with van der Waals surface area (Å²) >= 11 is 1.38. The van der Waals surface area contributed by atoms with Crippen LogP contribution in [-0.2, 0) is 10.0 Å². The maximum atomic E-state index is 13.8. The highest BCUT2D eigenvalue weighted by Crippen LogP contribution is 2.28. The van der Waals surface area contributed by atoms with Crippen LogP contribution in [0.15, 0.2) is 40.7 Å². The topological polar surface area (TPSA) is 85.8 Å². The number of anilines is 1. The van der Waals surface area contributed by atoms with E-state index in [4.69, 9.17) is 5.26 Å². The summed E-state index contributed by atoms with van der Waals surface area (Å²) in [6, 6.07) is 7.02. The van der Waals surface area contributed by atoms with Gasteiger partial charge in [0.25, 0.3) is 10.0 Å². The first-order chi connectivity index (χ1) is 10.0. The van der Waals surface area contributed by atoms with Crippen LogP contribution in [0, 0.1) is 17.1 Å². The number of aromatic nitrogens is 1. The summed E-state index contributed by atoms with van der Waals surface area (Å²) in [4.78, 5) is 3.65.